The quantitative estimate of drug-likeness (QED) is 0.0357. The molecule has 2 N–H and O–H groups in total. The van der Waals surface area contributed by atoms with Gasteiger partial charge in [-0.2, -0.15) is 0 Å². The summed E-state index contributed by atoms with van der Waals surface area (Å²) >= 11 is 0. The molecule has 0 fully saturated rings. The number of hydrogen-bond acceptors (Lipinski definition) is 6. The number of phosphoric ester groups is 1. The molecule has 0 rings (SSSR count). The number of aliphatic hydroxyl groups excluding tert-OH is 1. The fraction of sp³-hybridized carbons (Fsp3) is 0.982. The zero-order chi connectivity index (χ0) is 47.1. The Balaban J connectivity index is 4.02. The minimum absolute atomic E-state index is 0.0164. The Kier molecular flexibility index (Phi) is 47.2. The minimum Gasteiger partial charge on any atom is -0.756 e. The average Bonchev–Trinajstić information content (AvgIpc) is 3.25. The summed E-state index contributed by atoms with van der Waals surface area (Å²) in [7, 11) is 1.32. The highest BCUT2D eigenvalue weighted by Gasteiger charge is 2.24. The fourth-order valence-corrected chi connectivity index (χ4v) is 9.59. The van der Waals surface area contributed by atoms with Gasteiger partial charge in [0.2, 0.25) is 5.91 Å². The summed E-state index contributed by atoms with van der Waals surface area (Å²) in [6.07, 6.45) is 55.7. The maximum absolute atomic E-state index is 12.9. The number of unbranched alkanes of at least 4 members (excludes halogenated alkanes) is 40. The molecule has 9 heteroatoms. The predicted molar refractivity (Wildman–Crippen MR) is 275 cm³/mol. The largest absolute Gasteiger partial charge is 0.756 e. The van der Waals surface area contributed by atoms with Crippen LogP contribution >= 0.6 is 7.82 Å². The number of carbonyl (C=O) groups excluding carboxylic acids is 1. The first kappa shape index (κ1) is 63.5. The van der Waals surface area contributed by atoms with Crippen LogP contribution in [-0.4, -0.2) is 68.5 Å². The van der Waals surface area contributed by atoms with Gasteiger partial charge in [0.25, 0.3) is 7.82 Å². The second-order valence-corrected chi connectivity index (χ2v) is 22.4. The molecule has 0 aromatic heterocycles. The molecule has 1 amide bonds. The van der Waals surface area contributed by atoms with Gasteiger partial charge in [0.15, 0.2) is 0 Å². The number of likely N-dealkylation sites (N-methyl/N-ethyl adjacent to an activating group) is 1. The van der Waals surface area contributed by atoms with Crippen LogP contribution < -0.4 is 10.2 Å². The molecule has 0 aliphatic rings. The summed E-state index contributed by atoms with van der Waals surface area (Å²) in [6.45, 7) is 4.76. The molecular formula is C55H113N2O6P. The number of nitrogens with one attached hydrogen (secondary N) is 1. The van der Waals surface area contributed by atoms with Crippen LogP contribution in [0.5, 0.6) is 0 Å². The zero-order valence-electron chi connectivity index (χ0n) is 43.8. The molecule has 0 aliphatic carbocycles. The number of rotatable bonds is 53. The van der Waals surface area contributed by atoms with Gasteiger partial charge in [0.05, 0.1) is 39.9 Å². The Morgan fingerprint density at radius 2 is 0.766 bits per heavy atom. The Morgan fingerprint density at radius 1 is 0.484 bits per heavy atom. The normalized spacial score (nSPS) is 13.9. The number of phosphoric acid groups is 1. The minimum atomic E-state index is -4.56. The molecule has 3 unspecified atom stereocenters. The van der Waals surface area contributed by atoms with Crippen LogP contribution in [0.1, 0.15) is 296 Å². The SMILES string of the molecule is CCCCCCCCCCCCCCCCCCCCCCCCCCCCCCCC(O)C(COP(=O)([O-])OCC[N+](C)(C)C)NC(=O)CCCCCCCCCCCCCCC. The van der Waals surface area contributed by atoms with Crippen molar-refractivity contribution in [2.45, 2.75) is 309 Å². The maximum atomic E-state index is 12.9. The summed E-state index contributed by atoms with van der Waals surface area (Å²) < 4.78 is 23.4. The van der Waals surface area contributed by atoms with Crippen LogP contribution in [0.3, 0.4) is 0 Å². The Hall–Kier alpha value is -0.500. The third kappa shape index (κ3) is 49.4. The molecule has 0 aromatic rings. The van der Waals surface area contributed by atoms with E-state index in [0.717, 1.165) is 38.5 Å². The van der Waals surface area contributed by atoms with Crippen LogP contribution in [0.2, 0.25) is 0 Å². The van der Waals surface area contributed by atoms with Gasteiger partial charge in [0, 0.05) is 6.42 Å². The monoisotopic (exact) mass is 929 g/mol. The van der Waals surface area contributed by atoms with Crippen molar-refractivity contribution in [3.05, 3.63) is 0 Å². The molecule has 0 aromatic carbocycles. The molecule has 0 radical (unpaired) electrons. The molecule has 8 nitrogen and oxygen atoms in total. The molecule has 64 heavy (non-hydrogen) atoms. The van der Waals surface area contributed by atoms with E-state index < -0.39 is 20.0 Å². The van der Waals surface area contributed by atoms with E-state index in [9.17, 15) is 19.4 Å². The van der Waals surface area contributed by atoms with Crippen LogP contribution in [0.25, 0.3) is 0 Å². The summed E-state index contributed by atoms with van der Waals surface area (Å²) in [5, 5.41) is 14.0. The number of aliphatic hydroxyl groups is 1. The van der Waals surface area contributed by atoms with E-state index in [2.05, 4.69) is 19.2 Å². The van der Waals surface area contributed by atoms with Crippen LogP contribution in [0, 0.1) is 0 Å². The van der Waals surface area contributed by atoms with E-state index >= 15 is 0 Å². The molecule has 0 bridgehead atoms. The average molecular weight is 929 g/mol. The van der Waals surface area contributed by atoms with E-state index in [0.29, 0.717) is 23.9 Å². The number of hydrogen-bond donors (Lipinski definition) is 2. The number of carbonyl (C=O) groups is 1. The van der Waals surface area contributed by atoms with E-state index in [4.69, 9.17) is 9.05 Å². The van der Waals surface area contributed by atoms with Crippen LogP contribution in [0.4, 0.5) is 0 Å². The smallest absolute Gasteiger partial charge is 0.268 e. The van der Waals surface area contributed by atoms with Gasteiger partial charge in [-0.15, -0.1) is 0 Å². The lowest BCUT2D eigenvalue weighted by Gasteiger charge is -2.30. The first-order valence-corrected chi connectivity index (χ1v) is 29.8. The highest BCUT2D eigenvalue weighted by molar-refractivity contribution is 7.45. The Labute approximate surface area is 399 Å². The third-order valence-corrected chi connectivity index (χ3v) is 14.3. The fourth-order valence-electron chi connectivity index (χ4n) is 8.87. The molecule has 384 valence electrons. The second-order valence-electron chi connectivity index (χ2n) is 21.0. The van der Waals surface area contributed by atoms with Crippen molar-refractivity contribution >= 4 is 13.7 Å². The molecule has 0 saturated carbocycles. The molecule has 0 aliphatic heterocycles. The summed E-state index contributed by atoms with van der Waals surface area (Å²) in [5.74, 6) is -0.159. The lowest BCUT2D eigenvalue weighted by Crippen LogP contribution is -2.46. The molecular weight excluding hydrogens is 816 g/mol. The molecule has 0 saturated heterocycles. The molecule has 0 spiro atoms. The van der Waals surface area contributed by atoms with Gasteiger partial charge in [-0.3, -0.25) is 9.36 Å². The summed E-state index contributed by atoms with van der Waals surface area (Å²) in [4.78, 5) is 25.4. The van der Waals surface area contributed by atoms with Crippen molar-refractivity contribution < 1.29 is 32.9 Å². The number of nitrogens with zero attached hydrogens (tertiary/aromatic N) is 1. The van der Waals surface area contributed by atoms with Crippen molar-refractivity contribution in [1.82, 2.24) is 5.32 Å². The summed E-state index contributed by atoms with van der Waals surface area (Å²) in [6, 6.07) is -0.794. The second kappa shape index (κ2) is 47.6. The van der Waals surface area contributed by atoms with E-state index in [1.807, 2.05) is 21.1 Å². The zero-order valence-corrected chi connectivity index (χ0v) is 44.7. The van der Waals surface area contributed by atoms with Crippen LogP contribution in [0.15, 0.2) is 0 Å². The van der Waals surface area contributed by atoms with Crippen molar-refractivity contribution in [3.63, 3.8) is 0 Å². The van der Waals surface area contributed by atoms with Gasteiger partial charge < -0.3 is 28.8 Å². The summed E-state index contributed by atoms with van der Waals surface area (Å²) in [5.41, 5.74) is 0. The van der Waals surface area contributed by atoms with Crippen molar-refractivity contribution in [2.75, 3.05) is 40.9 Å². The van der Waals surface area contributed by atoms with Gasteiger partial charge >= 0.3 is 0 Å². The van der Waals surface area contributed by atoms with Gasteiger partial charge in [-0.05, 0) is 12.8 Å². The van der Waals surface area contributed by atoms with Gasteiger partial charge in [-0.1, -0.05) is 277 Å². The predicted octanol–water partition coefficient (Wildman–Crippen LogP) is 16.2. The number of quaternary nitrogens is 1. The number of amides is 1. The first-order valence-electron chi connectivity index (χ1n) is 28.4. The van der Waals surface area contributed by atoms with Gasteiger partial charge in [0.1, 0.15) is 13.2 Å². The standard InChI is InChI=1S/C55H113N2O6P/c1-6-8-10-12-14-16-18-20-21-22-23-24-25-26-27-28-29-30-31-32-33-34-35-37-38-40-42-44-46-48-54(58)53(52-63-64(60,61)62-51-50-57(3,4)5)56-55(59)49-47-45-43-41-39-36-19-17-15-13-11-9-7-2/h53-54,58H,6-52H2,1-5H3,(H-,56,59,60,61). The molecule has 0 heterocycles. The van der Waals surface area contributed by atoms with Crippen molar-refractivity contribution in [3.8, 4) is 0 Å². The first-order chi connectivity index (χ1) is 31.0. The highest BCUT2D eigenvalue weighted by Crippen LogP contribution is 2.38. The molecule has 3 atom stereocenters. The lowest BCUT2D eigenvalue weighted by atomic mass is 10.0. The van der Waals surface area contributed by atoms with Crippen molar-refractivity contribution in [2.24, 2.45) is 0 Å². The van der Waals surface area contributed by atoms with E-state index in [1.165, 1.54) is 231 Å². The Bertz CT molecular complexity index is 1010. The lowest BCUT2D eigenvalue weighted by molar-refractivity contribution is -0.870. The van der Waals surface area contributed by atoms with Crippen molar-refractivity contribution in [1.29, 1.82) is 0 Å². The maximum Gasteiger partial charge on any atom is 0.268 e. The van der Waals surface area contributed by atoms with Crippen LogP contribution in [-0.2, 0) is 18.4 Å². The van der Waals surface area contributed by atoms with E-state index in [1.54, 1.807) is 0 Å². The highest BCUT2D eigenvalue weighted by atomic mass is 31.2. The van der Waals surface area contributed by atoms with E-state index in [-0.39, 0.29) is 19.1 Å². The van der Waals surface area contributed by atoms with Gasteiger partial charge in [-0.25, -0.2) is 0 Å². The third-order valence-electron chi connectivity index (χ3n) is 13.3. The topological polar surface area (TPSA) is 108 Å². The Morgan fingerprint density at radius 3 is 1.06 bits per heavy atom.